The Bertz CT molecular complexity index is 920. The lowest BCUT2D eigenvalue weighted by molar-refractivity contribution is -0.917. The molecule has 0 amide bonds. The summed E-state index contributed by atoms with van der Waals surface area (Å²) in [6, 6.07) is 9.92. The highest BCUT2D eigenvalue weighted by Gasteiger charge is 2.17. The molecule has 3 rings (SSSR count). The molecule has 0 saturated carbocycles. The summed E-state index contributed by atoms with van der Waals surface area (Å²) in [6.45, 7) is 3.06. The lowest BCUT2D eigenvalue weighted by Crippen LogP contribution is -3.06. The normalized spacial score (nSPS) is 12.4. The standard InChI is InChI=1S/C19H23ClN4OS2/c1-22(12-15-8-11-27-13-15)14-24-19(26)23(9-5-10-25-2)18(21-24)16-6-3-4-7-17(16)20/h3-4,6-8,11,13H,5,9-10,12,14H2,1-2H3/p+1. The van der Waals surface area contributed by atoms with Crippen molar-refractivity contribution in [3.63, 3.8) is 0 Å². The molecule has 8 heteroatoms. The Morgan fingerprint density at radius 2 is 2.11 bits per heavy atom. The molecule has 0 aliphatic carbocycles. The number of benzene rings is 1. The van der Waals surface area contributed by atoms with Crippen LogP contribution >= 0.6 is 35.2 Å². The Kier molecular flexibility index (Phi) is 7.20. The number of methoxy groups -OCH3 is 1. The number of nitrogens with zero attached hydrogens (tertiary/aromatic N) is 3. The molecular formula is C19H24ClN4OS2+. The van der Waals surface area contributed by atoms with Gasteiger partial charge in [-0.3, -0.25) is 4.57 Å². The van der Waals surface area contributed by atoms with Gasteiger partial charge in [0.05, 0.1) is 12.1 Å². The number of hydrogen-bond acceptors (Lipinski definition) is 4. The fraction of sp³-hybridized carbons (Fsp3) is 0.368. The summed E-state index contributed by atoms with van der Waals surface area (Å²) < 4.78 is 9.88. The molecule has 1 unspecified atom stereocenters. The molecule has 5 nitrogen and oxygen atoms in total. The summed E-state index contributed by atoms with van der Waals surface area (Å²) in [5.41, 5.74) is 2.23. The highest BCUT2D eigenvalue weighted by Crippen LogP contribution is 2.26. The Morgan fingerprint density at radius 1 is 1.30 bits per heavy atom. The van der Waals surface area contributed by atoms with Gasteiger partial charge in [-0.2, -0.15) is 16.0 Å². The second kappa shape index (κ2) is 9.61. The van der Waals surface area contributed by atoms with E-state index in [1.54, 1.807) is 18.4 Å². The summed E-state index contributed by atoms with van der Waals surface area (Å²) in [6.07, 6.45) is 0.867. The van der Waals surface area contributed by atoms with Crippen LogP contribution in [-0.4, -0.2) is 35.1 Å². The molecule has 27 heavy (non-hydrogen) atoms. The first-order chi connectivity index (χ1) is 13.1. The first kappa shape index (κ1) is 20.2. The summed E-state index contributed by atoms with van der Waals surface area (Å²) in [5.74, 6) is 0.810. The smallest absolute Gasteiger partial charge is 0.203 e. The van der Waals surface area contributed by atoms with Crippen molar-refractivity contribution in [2.45, 2.75) is 26.2 Å². The van der Waals surface area contributed by atoms with Crippen LogP contribution in [0.4, 0.5) is 0 Å². The molecule has 1 atom stereocenters. The maximum atomic E-state index is 6.43. The van der Waals surface area contributed by atoms with Gasteiger partial charge in [0.2, 0.25) is 4.77 Å². The topological polar surface area (TPSA) is 36.4 Å². The van der Waals surface area contributed by atoms with Gasteiger partial charge in [-0.15, -0.1) is 5.10 Å². The number of hydrogen-bond donors (Lipinski definition) is 1. The lowest BCUT2D eigenvalue weighted by atomic mass is 10.2. The van der Waals surface area contributed by atoms with Crippen LogP contribution in [0.2, 0.25) is 5.02 Å². The van der Waals surface area contributed by atoms with E-state index in [1.165, 1.54) is 10.5 Å². The van der Waals surface area contributed by atoms with Crippen LogP contribution in [0.1, 0.15) is 12.0 Å². The Balaban J connectivity index is 1.89. The molecular weight excluding hydrogens is 400 g/mol. The van der Waals surface area contributed by atoms with Gasteiger partial charge in [0.15, 0.2) is 12.5 Å². The monoisotopic (exact) mass is 423 g/mol. The molecule has 0 spiro atoms. The molecule has 0 aliphatic heterocycles. The van der Waals surface area contributed by atoms with E-state index in [4.69, 9.17) is 33.7 Å². The zero-order valence-corrected chi connectivity index (χ0v) is 17.9. The zero-order chi connectivity index (χ0) is 19.2. The second-order valence-electron chi connectivity index (χ2n) is 6.51. The van der Waals surface area contributed by atoms with Gasteiger partial charge >= 0.3 is 0 Å². The van der Waals surface area contributed by atoms with Crippen LogP contribution in [0, 0.1) is 4.77 Å². The van der Waals surface area contributed by atoms with Crippen LogP contribution in [0.3, 0.4) is 0 Å². The van der Waals surface area contributed by atoms with Crippen molar-refractivity contribution in [2.24, 2.45) is 0 Å². The Hall–Kier alpha value is -1.51. The average molecular weight is 424 g/mol. The average Bonchev–Trinajstić information content (AvgIpc) is 3.25. The molecule has 0 aliphatic rings. The molecule has 0 saturated heterocycles. The number of ether oxygens (including phenoxy) is 1. The fourth-order valence-electron chi connectivity index (χ4n) is 3.01. The molecule has 0 fully saturated rings. The summed E-state index contributed by atoms with van der Waals surface area (Å²) >= 11 is 13.9. The number of aromatic nitrogens is 3. The summed E-state index contributed by atoms with van der Waals surface area (Å²) in [5, 5.41) is 9.79. The van der Waals surface area contributed by atoms with Crippen molar-refractivity contribution in [3.8, 4) is 11.4 Å². The van der Waals surface area contributed by atoms with E-state index in [0.29, 0.717) is 23.1 Å². The van der Waals surface area contributed by atoms with Crippen molar-refractivity contribution in [3.05, 3.63) is 56.4 Å². The van der Waals surface area contributed by atoms with E-state index >= 15 is 0 Å². The van der Waals surface area contributed by atoms with Crippen molar-refractivity contribution in [1.82, 2.24) is 14.3 Å². The van der Waals surface area contributed by atoms with E-state index in [0.717, 1.165) is 30.9 Å². The summed E-state index contributed by atoms with van der Waals surface area (Å²) in [4.78, 5) is 1.32. The van der Waals surface area contributed by atoms with Gasteiger partial charge in [-0.05, 0) is 47.6 Å². The quantitative estimate of drug-likeness (QED) is 0.422. The second-order valence-corrected chi connectivity index (χ2v) is 8.06. The maximum absolute atomic E-state index is 6.43. The predicted octanol–water partition coefficient (Wildman–Crippen LogP) is 3.50. The molecule has 2 aromatic heterocycles. The van der Waals surface area contributed by atoms with Gasteiger partial charge in [0.25, 0.3) is 0 Å². The van der Waals surface area contributed by atoms with Crippen molar-refractivity contribution in [2.75, 3.05) is 20.8 Å². The van der Waals surface area contributed by atoms with Crippen LogP contribution < -0.4 is 4.90 Å². The minimum Gasteiger partial charge on any atom is -0.385 e. The third-order valence-electron chi connectivity index (χ3n) is 4.27. The predicted molar refractivity (Wildman–Crippen MR) is 113 cm³/mol. The van der Waals surface area contributed by atoms with Crippen molar-refractivity contribution >= 4 is 35.2 Å². The largest absolute Gasteiger partial charge is 0.385 e. The van der Waals surface area contributed by atoms with Gasteiger partial charge in [0, 0.05) is 31.4 Å². The molecule has 1 N–H and O–H groups in total. The van der Waals surface area contributed by atoms with Crippen LogP contribution in [0.25, 0.3) is 11.4 Å². The first-order valence-corrected chi connectivity index (χ1v) is 10.6. The van der Waals surface area contributed by atoms with Gasteiger partial charge in [-0.25, -0.2) is 0 Å². The Morgan fingerprint density at radius 3 is 2.81 bits per heavy atom. The van der Waals surface area contributed by atoms with Crippen molar-refractivity contribution in [1.29, 1.82) is 0 Å². The third-order valence-corrected chi connectivity index (χ3v) is 5.77. The number of thiophene rings is 1. The van der Waals surface area contributed by atoms with E-state index in [9.17, 15) is 0 Å². The molecule has 0 radical (unpaired) electrons. The third kappa shape index (κ3) is 5.06. The summed E-state index contributed by atoms with van der Waals surface area (Å²) in [7, 11) is 3.86. The van der Waals surface area contributed by atoms with E-state index < -0.39 is 0 Å². The highest BCUT2D eigenvalue weighted by atomic mass is 35.5. The van der Waals surface area contributed by atoms with Crippen LogP contribution in [0.15, 0.2) is 41.1 Å². The van der Waals surface area contributed by atoms with Gasteiger partial charge in [0.1, 0.15) is 6.54 Å². The van der Waals surface area contributed by atoms with Gasteiger partial charge in [-0.1, -0.05) is 23.7 Å². The number of nitrogens with one attached hydrogen (secondary N) is 1. The molecule has 0 bridgehead atoms. The maximum Gasteiger partial charge on any atom is 0.203 e. The van der Waals surface area contributed by atoms with Crippen LogP contribution in [-0.2, 0) is 24.5 Å². The SMILES string of the molecule is COCCCn1c(-c2ccccc2Cl)nn(C[NH+](C)Cc2ccsc2)c1=S. The molecule has 1 aromatic carbocycles. The zero-order valence-electron chi connectivity index (χ0n) is 15.5. The fourth-order valence-corrected chi connectivity index (χ4v) is 4.18. The number of quaternary nitrogens is 1. The number of halogens is 1. The minimum atomic E-state index is 0.677. The van der Waals surface area contributed by atoms with Crippen molar-refractivity contribution < 1.29 is 9.64 Å². The van der Waals surface area contributed by atoms with Gasteiger partial charge < -0.3 is 9.64 Å². The van der Waals surface area contributed by atoms with E-state index in [-0.39, 0.29) is 0 Å². The first-order valence-electron chi connectivity index (χ1n) is 8.84. The van der Waals surface area contributed by atoms with E-state index in [1.807, 2.05) is 28.9 Å². The Labute approximate surface area is 173 Å². The highest BCUT2D eigenvalue weighted by molar-refractivity contribution is 7.71. The number of rotatable bonds is 9. The molecule has 144 valence electrons. The lowest BCUT2D eigenvalue weighted by Gasteiger charge is -2.12. The molecule has 2 heterocycles. The van der Waals surface area contributed by atoms with Crippen LogP contribution in [0.5, 0.6) is 0 Å². The molecule has 3 aromatic rings. The minimum absolute atomic E-state index is 0.677. The van der Waals surface area contributed by atoms with E-state index in [2.05, 4.69) is 28.4 Å².